The minimum Gasteiger partial charge on any atom is -0.489 e. The van der Waals surface area contributed by atoms with Gasteiger partial charge in [-0.05, 0) is 31.5 Å². The topological polar surface area (TPSA) is 142 Å². The molecule has 9 heteroatoms. The Morgan fingerprint density at radius 3 is 2.55 bits per heavy atom. The van der Waals surface area contributed by atoms with Crippen molar-refractivity contribution in [1.29, 1.82) is 0 Å². The SMILES string of the molecule is NCCCCCCC[C@H](N[C@H]1COc2ccccc2N(CC(=O)O)C1=O)C(=O)O. The summed E-state index contributed by atoms with van der Waals surface area (Å²) >= 11 is 0. The smallest absolute Gasteiger partial charge is 0.323 e. The molecule has 1 aromatic rings. The maximum Gasteiger partial charge on any atom is 0.323 e. The molecule has 9 nitrogen and oxygen atoms in total. The molecule has 0 bridgehead atoms. The van der Waals surface area contributed by atoms with Crippen molar-refractivity contribution < 1.29 is 29.3 Å². The largest absolute Gasteiger partial charge is 0.489 e. The number of nitrogens with zero attached hydrogens (tertiary/aromatic N) is 1. The quantitative estimate of drug-likeness (QED) is 0.379. The van der Waals surface area contributed by atoms with Gasteiger partial charge < -0.3 is 20.7 Å². The van der Waals surface area contributed by atoms with Crippen molar-refractivity contribution in [3.8, 4) is 5.75 Å². The third kappa shape index (κ3) is 6.72. The molecule has 5 N–H and O–H groups in total. The summed E-state index contributed by atoms with van der Waals surface area (Å²) < 4.78 is 5.67. The number of aliphatic carboxylic acids is 2. The van der Waals surface area contributed by atoms with Crippen LogP contribution >= 0.6 is 0 Å². The summed E-state index contributed by atoms with van der Waals surface area (Å²) in [6, 6.07) is 4.78. The molecule has 0 unspecified atom stereocenters. The molecule has 29 heavy (non-hydrogen) atoms. The summed E-state index contributed by atoms with van der Waals surface area (Å²) in [5.74, 6) is -2.35. The van der Waals surface area contributed by atoms with Crippen LogP contribution in [-0.4, -0.2) is 59.8 Å². The van der Waals surface area contributed by atoms with Crippen LogP contribution in [0.4, 0.5) is 5.69 Å². The van der Waals surface area contributed by atoms with E-state index < -0.39 is 36.5 Å². The van der Waals surface area contributed by atoms with Crippen LogP contribution in [0.25, 0.3) is 0 Å². The number of carboxylic acid groups (broad SMARTS) is 2. The minimum absolute atomic E-state index is 0.0771. The van der Waals surface area contributed by atoms with Crippen molar-refractivity contribution >= 4 is 23.5 Å². The lowest BCUT2D eigenvalue weighted by atomic mass is 10.0. The number of hydrogen-bond acceptors (Lipinski definition) is 6. The third-order valence-electron chi connectivity index (χ3n) is 4.82. The Kier molecular flexibility index (Phi) is 8.88. The van der Waals surface area contributed by atoms with Crippen LogP contribution in [0.15, 0.2) is 24.3 Å². The number of fused-ring (bicyclic) bond motifs is 1. The molecule has 0 radical (unpaired) electrons. The predicted octanol–water partition coefficient (Wildman–Crippen LogP) is 1.21. The number of para-hydroxylation sites is 2. The molecular formula is C20H29N3O6. The molecule has 2 atom stereocenters. The highest BCUT2D eigenvalue weighted by Crippen LogP contribution is 2.31. The molecule has 0 saturated carbocycles. The van der Waals surface area contributed by atoms with Gasteiger partial charge in [-0.2, -0.15) is 0 Å². The Labute approximate surface area is 169 Å². The van der Waals surface area contributed by atoms with Crippen molar-refractivity contribution in [3.63, 3.8) is 0 Å². The number of nitrogens with one attached hydrogen (secondary N) is 1. The first kappa shape index (κ1) is 22.6. The van der Waals surface area contributed by atoms with Gasteiger partial charge >= 0.3 is 11.9 Å². The summed E-state index contributed by atoms with van der Waals surface area (Å²) in [5.41, 5.74) is 5.82. The molecule has 2 rings (SSSR count). The minimum atomic E-state index is -1.17. The molecule has 0 aliphatic carbocycles. The van der Waals surface area contributed by atoms with Gasteiger partial charge in [-0.15, -0.1) is 0 Å². The lowest BCUT2D eigenvalue weighted by Crippen LogP contribution is -2.54. The summed E-state index contributed by atoms with van der Waals surface area (Å²) in [7, 11) is 0. The number of benzene rings is 1. The number of ether oxygens (including phenoxy) is 1. The van der Waals surface area contributed by atoms with Crippen LogP contribution in [0.2, 0.25) is 0 Å². The van der Waals surface area contributed by atoms with Gasteiger partial charge in [0.15, 0.2) is 0 Å². The van der Waals surface area contributed by atoms with Crippen molar-refractivity contribution in [2.75, 3.05) is 24.6 Å². The fourth-order valence-corrected chi connectivity index (χ4v) is 3.32. The maximum absolute atomic E-state index is 13.0. The van der Waals surface area contributed by atoms with Gasteiger partial charge in [0.1, 0.15) is 31.0 Å². The highest BCUT2D eigenvalue weighted by atomic mass is 16.5. The fraction of sp³-hybridized carbons (Fsp3) is 0.550. The maximum atomic E-state index is 13.0. The number of carboxylic acids is 2. The average Bonchev–Trinajstić information content (AvgIpc) is 2.81. The Balaban J connectivity index is 2.05. The third-order valence-corrected chi connectivity index (χ3v) is 4.82. The molecule has 0 spiro atoms. The first-order valence-electron chi connectivity index (χ1n) is 9.88. The average molecular weight is 407 g/mol. The van der Waals surface area contributed by atoms with Gasteiger partial charge in [-0.3, -0.25) is 24.6 Å². The summed E-state index contributed by atoms with van der Waals surface area (Å²) in [5, 5.41) is 21.6. The molecule has 0 fully saturated rings. The van der Waals surface area contributed by atoms with Gasteiger partial charge in [-0.1, -0.05) is 37.8 Å². The number of hydrogen-bond donors (Lipinski definition) is 4. The molecular weight excluding hydrogens is 378 g/mol. The van der Waals surface area contributed by atoms with Crippen molar-refractivity contribution in [3.05, 3.63) is 24.3 Å². The van der Waals surface area contributed by atoms with E-state index in [1.54, 1.807) is 24.3 Å². The lowest BCUT2D eigenvalue weighted by Gasteiger charge is -2.25. The van der Waals surface area contributed by atoms with Gasteiger partial charge in [0.2, 0.25) is 5.91 Å². The normalized spacial score (nSPS) is 17.2. The molecule has 0 saturated heterocycles. The van der Waals surface area contributed by atoms with Crippen LogP contribution < -0.4 is 20.7 Å². The highest BCUT2D eigenvalue weighted by molar-refractivity contribution is 6.02. The molecule has 1 aromatic carbocycles. The highest BCUT2D eigenvalue weighted by Gasteiger charge is 2.35. The van der Waals surface area contributed by atoms with E-state index in [0.717, 1.165) is 30.6 Å². The van der Waals surface area contributed by atoms with Crippen molar-refractivity contribution in [2.45, 2.75) is 50.6 Å². The predicted molar refractivity (Wildman–Crippen MR) is 107 cm³/mol. The van der Waals surface area contributed by atoms with E-state index in [9.17, 15) is 24.6 Å². The summed E-state index contributed by atoms with van der Waals surface area (Å²) in [6.45, 7) is 0.0425. The number of anilines is 1. The zero-order valence-electron chi connectivity index (χ0n) is 16.4. The van der Waals surface area contributed by atoms with E-state index in [4.69, 9.17) is 10.5 Å². The van der Waals surface area contributed by atoms with Crippen LogP contribution in [0, 0.1) is 0 Å². The van der Waals surface area contributed by atoms with Crippen LogP contribution in [0.1, 0.15) is 38.5 Å². The van der Waals surface area contributed by atoms with E-state index in [1.807, 2.05) is 0 Å². The number of carbonyl (C=O) groups is 3. The summed E-state index contributed by atoms with van der Waals surface area (Å²) in [4.78, 5) is 37.0. The zero-order chi connectivity index (χ0) is 21.2. The fourth-order valence-electron chi connectivity index (χ4n) is 3.32. The van der Waals surface area contributed by atoms with Crippen molar-refractivity contribution in [2.24, 2.45) is 5.73 Å². The molecule has 160 valence electrons. The number of nitrogens with two attached hydrogens (primary N) is 1. The van der Waals surface area contributed by atoms with Gasteiger partial charge in [0.05, 0.1) is 5.69 Å². The van der Waals surface area contributed by atoms with Crippen LogP contribution in [-0.2, 0) is 14.4 Å². The Bertz CT molecular complexity index is 711. The molecule has 0 aromatic heterocycles. The Morgan fingerprint density at radius 1 is 1.17 bits per heavy atom. The van der Waals surface area contributed by atoms with E-state index in [-0.39, 0.29) is 6.61 Å². The van der Waals surface area contributed by atoms with E-state index in [2.05, 4.69) is 5.32 Å². The van der Waals surface area contributed by atoms with E-state index >= 15 is 0 Å². The van der Waals surface area contributed by atoms with Crippen LogP contribution in [0.5, 0.6) is 5.75 Å². The standard InChI is InChI=1S/C20H29N3O6/c21-11-7-3-1-2-4-8-14(20(27)28)22-15-13-29-17-10-6-5-9-16(17)23(19(15)26)12-18(24)25/h5-6,9-10,14-15,22H,1-4,7-8,11-13,21H2,(H,24,25)(H,27,28)/t14-,15-/m0/s1. The zero-order valence-corrected chi connectivity index (χ0v) is 16.4. The molecule has 1 aliphatic heterocycles. The first-order chi connectivity index (χ1) is 13.9. The van der Waals surface area contributed by atoms with E-state index in [0.29, 0.717) is 30.8 Å². The monoisotopic (exact) mass is 407 g/mol. The lowest BCUT2D eigenvalue weighted by molar-refractivity contribution is -0.141. The van der Waals surface area contributed by atoms with Crippen molar-refractivity contribution in [1.82, 2.24) is 5.32 Å². The second kappa shape index (κ2) is 11.4. The number of rotatable bonds is 12. The number of amides is 1. The number of unbranched alkanes of at least 4 members (excludes halogenated alkanes) is 4. The molecule has 1 aliphatic rings. The van der Waals surface area contributed by atoms with Gasteiger partial charge in [0, 0.05) is 0 Å². The second-order valence-electron chi connectivity index (χ2n) is 7.05. The molecule has 1 amide bonds. The van der Waals surface area contributed by atoms with Gasteiger partial charge in [-0.25, -0.2) is 0 Å². The number of carbonyl (C=O) groups excluding carboxylic acids is 1. The molecule has 1 heterocycles. The Hall–Kier alpha value is -2.65. The van der Waals surface area contributed by atoms with E-state index in [1.165, 1.54) is 0 Å². The van der Waals surface area contributed by atoms with Gasteiger partial charge in [0.25, 0.3) is 0 Å². The first-order valence-corrected chi connectivity index (χ1v) is 9.88. The van der Waals surface area contributed by atoms with Crippen LogP contribution in [0.3, 0.4) is 0 Å². The Morgan fingerprint density at radius 2 is 1.86 bits per heavy atom. The summed E-state index contributed by atoms with van der Waals surface area (Å²) in [6.07, 6.45) is 4.91. The second-order valence-corrected chi connectivity index (χ2v) is 7.05.